The number of benzene rings is 3. The first-order valence-electron chi connectivity index (χ1n) is 15.2. The summed E-state index contributed by atoms with van der Waals surface area (Å²) in [5, 5.41) is 2.52. The number of carbonyl (C=O) groups excluding carboxylic acids is 2. The van der Waals surface area contributed by atoms with E-state index in [1.807, 2.05) is 45.0 Å². The van der Waals surface area contributed by atoms with E-state index in [2.05, 4.69) is 14.9 Å². The first kappa shape index (κ1) is 37.5. The highest BCUT2D eigenvalue weighted by atomic mass is 35.5. The number of nitrogens with two attached hydrogens (primary N) is 1. The fraction of sp³-hybridized carbons (Fsp3) is 0.394. The lowest BCUT2D eigenvalue weighted by Gasteiger charge is -2.38. The number of ether oxygens (including phenoxy) is 1. The summed E-state index contributed by atoms with van der Waals surface area (Å²) in [6.07, 6.45) is 4.18. The van der Waals surface area contributed by atoms with Crippen molar-refractivity contribution in [1.82, 2.24) is 9.80 Å². The van der Waals surface area contributed by atoms with Crippen LogP contribution in [-0.4, -0.2) is 62.1 Å². The maximum atomic E-state index is 14.4. The zero-order valence-electron chi connectivity index (χ0n) is 26.9. The number of hydrogen-bond donors (Lipinski definition) is 3. The second-order valence-electron chi connectivity index (χ2n) is 11.7. The molecular weight excluding hydrogens is 652 g/mol. The molecule has 4 rings (SSSR count). The molecule has 1 aliphatic rings. The number of rotatable bonds is 12. The van der Waals surface area contributed by atoms with Gasteiger partial charge in [0.1, 0.15) is 23.1 Å². The average Bonchev–Trinajstić information content (AvgIpc) is 2.97. The van der Waals surface area contributed by atoms with Gasteiger partial charge in [0, 0.05) is 44.0 Å². The number of likely N-dealkylation sites (tertiary alicyclic amines) is 1. The van der Waals surface area contributed by atoms with Crippen LogP contribution >= 0.6 is 12.4 Å². The normalized spacial score (nSPS) is 13.8. The highest BCUT2D eigenvalue weighted by molar-refractivity contribution is 7.92. The topological polar surface area (TPSA) is 134 Å². The lowest BCUT2D eigenvalue weighted by Crippen LogP contribution is -2.49. The van der Waals surface area contributed by atoms with Gasteiger partial charge in [-0.05, 0) is 80.1 Å². The third-order valence-corrected chi connectivity index (χ3v) is 8.49. The Morgan fingerprint density at radius 1 is 1.02 bits per heavy atom. The van der Waals surface area contributed by atoms with Gasteiger partial charge in [-0.2, -0.15) is 0 Å². The molecule has 1 saturated heterocycles. The first-order valence-corrected chi connectivity index (χ1v) is 17.1. The number of sulfonamides is 1. The maximum absolute atomic E-state index is 14.4. The Morgan fingerprint density at radius 3 is 2.19 bits per heavy atom. The molecule has 1 heterocycles. The number of carbonyl (C=O) groups is 2. The van der Waals surface area contributed by atoms with E-state index in [4.69, 9.17) is 10.5 Å². The standard InChI is InChI=1S/C33H41F2N5O5S.ClH/c1-5-6-13-40(33(42)37-30-18-27(32(36)41)28(34)19-29(30)35)25-11-14-39(15-12-25)20-23-7-9-26(10-8-23)45-31-21(2)16-24(17-22(31)3)38-46(4,43)44;/h7-10,16-19,25,38H,5-6,11-15,20H2,1-4H3,(H2,36,41)(H,37,42);1H. The molecule has 47 heavy (non-hydrogen) atoms. The molecule has 14 heteroatoms. The number of anilines is 2. The van der Waals surface area contributed by atoms with Crippen molar-refractivity contribution in [2.24, 2.45) is 5.73 Å². The second-order valence-corrected chi connectivity index (χ2v) is 13.5. The third-order valence-electron chi connectivity index (χ3n) is 7.89. The molecule has 0 radical (unpaired) electrons. The van der Waals surface area contributed by atoms with Crippen LogP contribution in [0, 0.1) is 25.5 Å². The predicted molar refractivity (Wildman–Crippen MR) is 182 cm³/mol. The van der Waals surface area contributed by atoms with Gasteiger partial charge >= 0.3 is 6.03 Å². The number of nitrogens with zero attached hydrogens (tertiary/aromatic N) is 2. The molecule has 0 aromatic heterocycles. The van der Waals surface area contributed by atoms with Crippen molar-refractivity contribution in [1.29, 1.82) is 0 Å². The van der Waals surface area contributed by atoms with Crippen LogP contribution in [-0.2, 0) is 16.6 Å². The Hall–Kier alpha value is -3.94. The average molecular weight is 694 g/mol. The van der Waals surface area contributed by atoms with Gasteiger partial charge in [-0.25, -0.2) is 22.0 Å². The van der Waals surface area contributed by atoms with Crippen LogP contribution in [0.25, 0.3) is 0 Å². The SMILES string of the molecule is CCCCN(C(=O)Nc1cc(C(N)=O)c(F)cc1F)C1CCN(Cc2ccc(Oc3c(C)cc(NS(C)(=O)=O)cc3C)cc2)CC1.Cl. The Bertz CT molecular complexity index is 1660. The van der Waals surface area contributed by atoms with Crippen molar-refractivity contribution in [3.05, 3.63) is 82.4 Å². The number of hydrogen-bond acceptors (Lipinski definition) is 6. The molecule has 3 aromatic rings. The molecule has 3 amide bonds. The molecule has 0 atom stereocenters. The molecule has 10 nitrogen and oxygen atoms in total. The van der Waals surface area contributed by atoms with Crippen LogP contribution < -0.4 is 20.5 Å². The Balaban J connectivity index is 0.00000600. The zero-order valence-corrected chi connectivity index (χ0v) is 28.6. The summed E-state index contributed by atoms with van der Waals surface area (Å²) < 4.78 is 60.2. The minimum atomic E-state index is -3.38. The van der Waals surface area contributed by atoms with Crippen LogP contribution in [0.15, 0.2) is 48.5 Å². The zero-order chi connectivity index (χ0) is 33.6. The summed E-state index contributed by atoms with van der Waals surface area (Å²) in [5.41, 5.74) is 7.60. The van der Waals surface area contributed by atoms with Crippen LogP contribution in [0.1, 0.15) is 59.7 Å². The number of aryl methyl sites for hydroxylation is 2. The Morgan fingerprint density at radius 2 is 1.64 bits per heavy atom. The summed E-state index contributed by atoms with van der Waals surface area (Å²) in [6, 6.07) is 12.2. The molecule has 0 aliphatic carbocycles. The summed E-state index contributed by atoms with van der Waals surface area (Å²) in [5.74, 6) is -1.78. The number of primary amides is 1. The lowest BCUT2D eigenvalue weighted by molar-refractivity contribution is 0.0996. The molecule has 4 N–H and O–H groups in total. The largest absolute Gasteiger partial charge is 0.457 e. The summed E-state index contributed by atoms with van der Waals surface area (Å²) in [6.45, 7) is 8.45. The molecular formula is C33H42ClF2N5O5S. The lowest BCUT2D eigenvalue weighted by atomic mass is 10.0. The quantitative estimate of drug-likeness (QED) is 0.197. The van der Waals surface area contributed by atoms with Crippen molar-refractivity contribution in [2.45, 2.75) is 59.0 Å². The van der Waals surface area contributed by atoms with E-state index in [9.17, 15) is 26.8 Å². The fourth-order valence-corrected chi connectivity index (χ4v) is 6.16. The van der Waals surface area contributed by atoms with Gasteiger partial charge < -0.3 is 20.7 Å². The van der Waals surface area contributed by atoms with Gasteiger partial charge in [0.05, 0.1) is 17.5 Å². The number of amides is 3. The van der Waals surface area contributed by atoms with E-state index in [1.165, 1.54) is 0 Å². The summed E-state index contributed by atoms with van der Waals surface area (Å²) in [4.78, 5) is 28.8. The van der Waals surface area contributed by atoms with E-state index >= 15 is 0 Å². The number of halogens is 3. The van der Waals surface area contributed by atoms with E-state index in [0.717, 1.165) is 74.3 Å². The van der Waals surface area contributed by atoms with E-state index < -0.39 is 39.2 Å². The third kappa shape index (κ3) is 10.3. The number of nitrogens with one attached hydrogen (secondary N) is 2. The number of piperidine rings is 1. The van der Waals surface area contributed by atoms with Crippen LogP contribution in [0.4, 0.5) is 25.0 Å². The van der Waals surface area contributed by atoms with Crippen molar-refractivity contribution < 1.29 is 31.5 Å². The molecule has 0 saturated carbocycles. The van der Waals surface area contributed by atoms with Crippen molar-refractivity contribution in [2.75, 3.05) is 35.9 Å². The van der Waals surface area contributed by atoms with Gasteiger partial charge in [0.15, 0.2) is 0 Å². The van der Waals surface area contributed by atoms with Crippen LogP contribution in [0.5, 0.6) is 11.5 Å². The minimum Gasteiger partial charge on any atom is -0.457 e. The van der Waals surface area contributed by atoms with Crippen LogP contribution in [0.2, 0.25) is 0 Å². The van der Waals surface area contributed by atoms with Gasteiger partial charge in [0.2, 0.25) is 10.0 Å². The van der Waals surface area contributed by atoms with Crippen LogP contribution in [0.3, 0.4) is 0 Å². The minimum absolute atomic E-state index is 0. The summed E-state index contributed by atoms with van der Waals surface area (Å²) >= 11 is 0. The monoisotopic (exact) mass is 693 g/mol. The van der Waals surface area contributed by atoms with Crippen molar-refractivity contribution in [3.63, 3.8) is 0 Å². The molecule has 3 aromatic carbocycles. The Labute approximate surface area is 281 Å². The molecule has 0 spiro atoms. The maximum Gasteiger partial charge on any atom is 0.322 e. The molecule has 256 valence electrons. The van der Waals surface area contributed by atoms with E-state index in [1.54, 1.807) is 17.0 Å². The smallest absolute Gasteiger partial charge is 0.322 e. The number of urea groups is 1. The highest BCUT2D eigenvalue weighted by Gasteiger charge is 2.28. The Kier molecular flexibility index (Phi) is 13.0. The van der Waals surface area contributed by atoms with Gasteiger partial charge in [-0.15, -0.1) is 12.4 Å². The van der Waals surface area contributed by atoms with Gasteiger partial charge in [0.25, 0.3) is 5.91 Å². The highest BCUT2D eigenvalue weighted by Crippen LogP contribution is 2.32. The van der Waals surface area contributed by atoms with E-state index in [-0.39, 0.29) is 24.1 Å². The van der Waals surface area contributed by atoms with Gasteiger partial charge in [-0.1, -0.05) is 25.5 Å². The van der Waals surface area contributed by atoms with Crippen molar-refractivity contribution in [3.8, 4) is 11.5 Å². The second kappa shape index (κ2) is 16.2. The predicted octanol–water partition coefficient (Wildman–Crippen LogP) is 6.56. The molecule has 0 bridgehead atoms. The first-order chi connectivity index (χ1) is 21.7. The summed E-state index contributed by atoms with van der Waals surface area (Å²) in [7, 11) is -3.38. The van der Waals surface area contributed by atoms with Gasteiger partial charge in [-0.3, -0.25) is 14.4 Å². The fourth-order valence-electron chi connectivity index (χ4n) is 5.61. The molecule has 1 fully saturated rings. The van der Waals surface area contributed by atoms with Crippen molar-refractivity contribution >= 4 is 45.7 Å². The van der Waals surface area contributed by atoms with E-state index in [0.29, 0.717) is 29.8 Å². The molecule has 0 unspecified atom stereocenters. The number of unbranched alkanes of at least 4 members (excludes halogenated alkanes) is 1. The molecule has 1 aliphatic heterocycles.